The molecule has 0 amide bonds. The summed E-state index contributed by atoms with van der Waals surface area (Å²) in [6, 6.07) is 5.09. The first kappa shape index (κ1) is 14.0. The smallest absolute Gasteiger partial charge is 0.303 e. The zero-order chi connectivity index (χ0) is 15.2. The molecule has 21 heavy (non-hydrogen) atoms. The van der Waals surface area contributed by atoms with E-state index >= 15 is 0 Å². The summed E-state index contributed by atoms with van der Waals surface area (Å²) in [7, 11) is 0. The third-order valence-corrected chi connectivity index (χ3v) is 3.90. The van der Waals surface area contributed by atoms with Crippen molar-refractivity contribution in [3.63, 3.8) is 0 Å². The lowest BCUT2D eigenvalue weighted by Gasteiger charge is -2.22. The second-order valence-electron chi connectivity index (χ2n) is 6.67. The van der Waals surface area contributed by atoms with E-state index < -0.39 is 5.97 Å². The van der Waals surface area contributed by atoms with Gasteiger partial charge in [-0.05, 0) is 30.4 Å². The van der Waals surface area contributed by atoms with Gasteiger partial charge in [0.2, 0.25) is 0 Å². The second-order valence-corrected chi connectivity index (χ2v) is 6.67. The molecule has 1 N–H and O–H groups in total. The Kier molecular flexibility index (Phi) is 3.23. The minimum absolute atomic E-state index is 0.0925. The Labute approximate surface area is 122 Å². The van der Waals surface area contributed by atoms with Crippen LogP contribution >= 0.6 is 0 Å². The maximum atomic E-state index is 13.4. The number of imidazole rings is 1. The molecule has 0 spiro atoms. The van der Waals surface area contributed by atoms with E-state index in [0.29, 0.717) is 18.0 Å². The topological polar surface area (TPSA) is 55.1 Å². The predicted octanol–water partition coefficient (Wildman–Crippen LogP) is 3.55. The molecule has 0 unspecified atom stereocenters. The molecule has 112 valence electrons. The largest absolute Gasteiger partial charge is 0.481 e. The molecular formula is C16H19FN2O2. The fourth-order valence-corrected chi connectivity index (χ4v) is 2.89. The summed E-state index contributed by atoms with van der Waals surface area (Å²) in [5.41, 5.74) is 1.22. The Morgan fingerprint density at radius 2 is 2.19 bits per heavy atom. The molecule has 1 aliphatic rings. The van der Waals surface area contributed by atoms with Crippen molar-refractivity contribution in [3.05, 3.63) is 29.8 Å². The molecule has 3 rings (SSSR count). The van der Waals surface area contributed by atoms with Gasteiger partial charge < -0.3 is 9.67 Å². The van der Waals surface area contributed by atoms with E-state index in [-0.39, 0.29) is 17.7 Å². The van der Waals surface area contributed by atoms with Crippen LogP contribution in [0.2, 0.25) is 0 Å². The second kappa shape index (κ2) is 4.83. The SMILES string of the molecule is CC(C)(CC(=O)O)Cc1nc2cc(F)ccc2n1C1CC1. The Hall–Kier alpha value is -1.91. The van der Waals surface area contributed by atoms with Gasteiger partial charge in [-0.1, -0.05) is 13.8 Å². The summed E-state index contributed by atoms with van der Waals surface area (Å²) in [6.45, 7) is 3.86. The van der Waals surface area contributed by atoms with E-state index in [1.54, 1.807) is 6.07 Å². The Balaban J connectivity index is 2.01. The van der Waals surface area contributed by atoms with Crippen LogP contribution in [-0.2, 0) is 11.2 Å². The van der Waals surface area contributed by atoms with E-state index in [4.69, 9.17) is 5.11 Å². The number of carbonyl (C=O) groups is 1. The monoisotopic (exact) mass is 290 g/mol. The number of benzene rings is 1. The van der Waals surface area contributed by atoms with E-state index in [1.807, 2.05) is 13.8 Å². The zero-order valence-electron chi connectivity index (χ0n) is 12.3. The van der Waals surface area contributed by atoms with Crippen LogP contribution in [0.4, 0.5) is 4.39 Å². The number of rotatable bonds is 5. The molecule has 1 fully saturated rings. The normalized spacial score (nSPS) is 15.6. The molecule has 1 aromatic carbocycles. The summed E-state index contributed by atoms with van der Waals surface area (Å²) in [6.07, 6.45) is 2.88. The highest BCUT2D eigenvalue weighted by Crippen LogP contribution is 2.40. The average molecular weight is 290 g/mol. The number of hydrogen-bond donors (Lipinski definition) is 1. The van der Waals surface area contributed by atoms with Crippen LogP contribution in [0.1, 0.15) is 45.0 Å². The van der Waals surface area contributed by atoms with Crippen molar-refractivity contribution in [1.82, 2.24) is 9.55 Å². The summed E-state index contributed by atoms with van der Waals surface area (Å²) >= 11 is 0. The molecule has 1 aliphatic carbocycles. The number of carboxylic acids is 1. The van der Waals surface area contributed by atoms with Gasteiger partial charge in [-0.2, -0.15) is 0 Å². The van der Waals surface area contributed by atoms with Gasteiger partial charge >= 0.3 is 5.97 Å². The van der Waals surface area contributed by atoms with Gasteiger partial charge in [0.25, 0.3) is 0 Å². The first-order chi connectivity index (χ1) is 9.85. The number of aliphatic carboxylic acids is 1. The predicted molar refractivity (Wildman–Crippen MR) is 77.7 cm³/mol. The van der Waals surface area contributed by atoms with Crippen LogP contribution in [0.3, 0.4) is 0 Å². The average Bonchev–Trinajstić information content (AvgIpc) is 3.09. The summed E-state index contributed by atoms with van der Waals surface area (Å²) in [5, 5.41) is 9.02. The van der Waals surface area contributed by atoms with Crippen molar-refractivity contribution >= 4 is 17.0 Å². The van der Waals surface area contributed by atoms with Crippen molar-refractivity contribution in [2.75, 3.05) is 0 Å². The van der Waals surface area contributed by atoms with Gasteiger partial charge in [-0.3, -0.25) is 4.79 Å². The standard InChI is InChI=1S/C16H19FN2O2/c1-16(2,9-15(20)21)8-14-18-12-7-10(17)3-6-13(12)19(14)11-4-5-11/h3,6-7,11H,4-5,8-9H2,1-2H3,(H,20,21). The number of nitrogens with zero attached hydrogens (tertiary/aromatic N) is 2. The lowest BCUT2D eigenvalue weighted by atomic mass is 9.85. The van der Waals surface area contributed by atoms with Crippen LogP contribution < -0.4 is 0 Å². The highest BCUT2D eigenvalue weighted by molar-refractivity contribution is 5.76. The third kappa shape index (κ3) is 2.91. The van der Waals surface area contributed by atoms with E-state index in [0.717, 1.165) is 24.2 Å². The molecule has 0 atom stereocenters. The van der Waals surface area contributed by atoms with E-state index in [1.165, 1.54) is 12.1 Å². The molecule has 2 aromatic rings. The van der Waals surface area contributed by atoms with Crippen molar-refractivity contribution in [1.29, 1.82) is 0 Å². The molecule has 0 saturated heterocycles. The first-order valence-corrected chi connectivity index (χ1v) is 7.24. The van der Waals surface area contributed by atoms with Gasteiger partial charge in [0.1, 0.15) is 11.6 Å². The Bertz CT molecular complexity index is 702. The van der Waals surface area contributed by atoms with Crippen molar-refractivity contribution in [3.8, 4) is 0 Å². The lowest BCUT2D eigenvalue weighted by Crippen LogP contribution is -2.21. The highest BCUT2D eigenvalue weighted by Gasteiger charge is 2.31. The van der Waals surface area contributed by atoms with Crippen LogP contribution in [0, 0.1) is 11.2 Å². The zero-order valence-corrected chi connectivity index (χ0v) is 12.3. The number of aromatic nitrogens is 2. The number of carboxylic acid groups (broad SMARTS) is 1. The molecule has 1 saturated carbocycles. The van der Waals surface area contributed by atoms with E-state index in [2.05, 4.69) is 9.55 Å². The fraction of sp³-hybridized carbons (Fsp3) is 0.500. The first-order valence-electron chi connectivity index (χ1n) is 7.24. The maximum absolute atomic E-state index is 13.4. The maximum Gasteiger partial charge on any atom is 0.303 e. The number of halogens is 1. The van der Waals surface area contributed by atoms with Gasteiger partial charge in [0, 0.05) is 18.5 Å². The van der Waals surface area contributed by atoms with Gasteiger partial charge in [-0.15, -0.1) is 0 Å². The molecule has 1 aromatic heterocycles. The molecule has 0 radical (unpaired) electrons. The molecule has 0 aliphatic heterocycles. The minimum atomic E-state index is -0.805. The summed E-state index contributed by atoms with van der Waals surface area (Å²) in [5.74, 6) is -0.233. The molecular weight excluding hydrogens is 271 g/mol. The van der Waals surface area contributed by atoms with Crippen molar-refractivity contribution in [2.45, 2.75) is 45.6 Å². The lowest BCUT2D eigenvalue weighted by molar-refractivity contribution is -0.139. The summed E-state index contributed by atoms with van der Waals surface area (Å²) < 4.78 is 15.5. The number of hydrogen-bond acceptors (Lipinski definition) is 2. The van der Waals surface area contributed by atoms with Crippen molar-refractivity contribution in [2.24, 2.45) is 5.41 Å². The van der Waals surface area contributed by atoms with Crippen LogP contribution in [0.5, 0.6) is 0 Å². The molecule has 4 nitrogen and oxygen atoms in total. The molecule has 0 bridgehead atoms. The van der Waals surface area contributed by atoms with Crippen LogP contribution in [-0.4, -0.2) is 20.6 Å². The van der Waals surface area contributed by atoms with E-state index in [9.17, 15) is 9.18 Å². The Morgan fingerprint density at radius 3 is 2.81 bits per heavy atom. The number of fused-ring (bicyclic) bond motifs is 1. The summed E-state index contributed by atoms with van der Waals surface area (Å²) in [4.78, 5) is 15.5. The fourth-order valence-electron chi connectivity index (χ4n) is 2.89. The minimum Gasteiger partial charge on any atom is -0.481 e. The van der Waals surface area contributed by atoms with Gasteiger partial charge in [-0.25, -0.2) is 9.37 Å². The van der Waals surface area contributed by atoms with Gasteiger partial charge in [0.15, 0.2) is 0 Å². The molecule has 1 heterocycles. The van der Waals surface area contributed by atoms with Crippen LogP contribution in [0.15, 0.2) is 18.2 Å². The molecule has 5 heteroatoms. The van der Waals surface area contributed by atoms with Crippen LogP contribution in [0.25, 0.3) is 11.0 Å². The Morgan fingerprint density at radius 1 is 1.48 bits per heavy atom. The highest BCUT2D eigenvalue weighted by atomic mass is 19.1. The van der Waals surface area contributed by atoms with Crippen molar-refractivity contribution < 1.29 is 14.3 Å². The quantitative estimate of drug-likeness (QED) is 0.916. The third-order valence-electron chi connectivity index (χ3n) is 3.90. The van der Waals surface area contributed by atoms with Gasteiger partial charge in [0.05, 0.1) is 17.5 Å².